The molecule has 0 bridgehead atoms. The average Bonchev–Trinajstić information content (AvgIpc) is 2.75. The highest BCUT2D eigenvalue weighted by Gasteiger charge is 2.40. The minimum atomic E-state index is -0.715. The van der Waals surface area contributed by atoms with Crippen molar-refractivity contribution in [1.82, 2.24) is 4.90 Å². The first kappa shape index (κ1) is 26.6. The predicted octanol–water partition coefficient (Wildman–Crippen LogP) is 2.81. The van der Waals surface area contributed by atoms with Crippen LogP contribution in [0.1, 0.15) is 47.7 Å². The van der Waals surface area contributed by atoms with E-state index in [1.165, 1.54) is 6.92 Å². The van der Waals surface area contributed by atoms with E-state index in [0.29, 0.717) is 37.1 Å². The van der Waals surface area contributed by atoms with Crippen LogP contribution in [0.25, 0.3) is 0 Å². The molecule has 3 rings (SSSR count). The zero-order chi connectivity index (χ0) is 26.0. The molecule has 0 saturated carbocycles. The molecule has 3 atom stereocenters. The Morgan fingerprint density at radius 1 is 1.14 bits per heavy atom. The molecular formula is C27H36N2O6. The number of nitrogens with zero attached hydrogens (tertiary/aromatic N) is 2. The van der Waals surface area contributed by atoms with Crippen molar-refractivity contribution in [1.29, 1.82) is 0 Å². The molecule has 0 spiro atoms. The zero-order valence-corrected chi connectivity index (χ0v) is 21.0. The smallest absolute Gasteiger partial charge is 0.170 e. The quantitative estimate of drug-likeness (QED) is 0.362. The Balaban J connectivity index is 1.93. The second-order valence-electron chi connectivity index (χ2n) is 10.1. The highest BCUT2D eigenvalue weighted by Crippen LogP contribution is 2.44. The Bertz CT molecular complexity index is 1070. The van der Waals surface area contributed by atoms with Gasteiger partial charge in [-0.3, -0.25) is 19.3 Å². The monoisotopic (exact) mass is 484 g/mol. The molecule has 0 aromatic heterocycles. The number of carbonyl (C=O) groups is 3. The summed E-state index contributed by atoms with van der Waals surface area (Å²) in [6.07, 6.45) is 2.99. The number of fused-ring (bicyclic) bond motifs is 1. The summed E-state index contributed by atoms with van der Waals surface area (Å²) >= 11 is 0. The molecule has 0 amide bonds. The lowest BCUT2D eigenvalue weighted by Crippen LogP contribution is -2.35. The van der Waals surface area contributed by atoms with Crippen molar-refractivity contribution in [2.45, 2.75) is 39.2 Å². The number of aliphatic hydroxyl groups excluding tert-OH is 2. The van der Waals surface area contributed by atoms with Gasteiger partial charge in [-0.05, 0) is 50.3 Å². The second kappa shape index (κ2) is 10.7. The molecule has 2 aliphatic carbocycles. The summed E-state index contributed by atoms with van der Waals surface area (Å²) in [6, 6.07) is 1.91. The molecule has 3 N–H and O–H groups in total. The molecule has 190 valence electrons. The fourth-order valence-corrected chi connectivity index (χ4v) is 5.57. The summed E-state index contributed by atoms with van der Waals surface area (Å²) in [6.45, 7) is 5.70. The third kappa shape index (κ3) is 5.33. The molecule has 0 heterocycles. The first-order valence-electron chi connectivity index (χ1n) is 12.0. The summed E-state index contributed by atoms with van der Waals surface area (Å²) in [4.78, 5) is 41.6. The third-order valence-corrected chi connectivity index (χ3v) is 7.16. The first-order valence-corrected chi connectivity index (χ1v) is 12.0. The van der Waals surface area contributed by atoms with E-state index in [1.807, 2.05) is 37.0 Å². The average molecular weight is 485 g/mol. The number of ketones is 3. The van der Waals surface area contributed by atoms with E-state index >= 15 is 0 Å². The number of likely N-dealkylation sites (N-methyl/N-ethyl adjacent to an activating group) is 1. The number of hydrogen-bond acceptors (Lipinski definition) is 8. The van der Waals surface area contributed by atoms with Gasteiger partial charge in [0.2, 0.25) is 0 Å². The highest BCUT2D eigenvalue weighted by molar-refractivity contribution is 6.20. The van der Waals surface area contributed by atoms with Crippen LogP contribution in [0.2, 0.25) is 0 Å². The fraction of sp³-hybridized carbons (Fsp3) is 0.519. The van der Waals surface area contributed by atoms with E-state index in [1.54, 1.807) is 6.08 Å². The minimum absolute atomic E-state index is 0.0118. The lowest BCUT2D eigenvalue weighted by atomic mass is 9.70. The Morgan fingerprint density at radius 2 is 1.83 bits per heavy atom. The molecule has 0 saturated heterocycles. The van der Waals surface area contributed by atoms with Crippen molar-refractivity contribution in [3.8, 4) is 5.75 Å². The van der Waals surface area contributed by atoms with Gasteiger partial charge in [-0.1, -0.05) is 6.08 Å². The van der Waals surface area contributed by atoms with Gasteiger partial charge in [0.25, 0.3) is 0 Å². The maximum Gasteiger partial charge on any atom is 0.170 e. The molecule has 3 unspecified atom stereocenters. The number of rotatable bonds is 9. The SMILES string of the molecule is C=CCN(C)Cc1cc(N(C)C)c2c(c1O)C(=O)CC(CC1CC(=O)C(C(C)=O)=C(O)C1CO)C2. The Labute approximate surface area is 206 Å². The number of phenols is 1. The van der Waals surface area contributed by atoms with Crippen LogP contribution in [0, 0.1) is 17.8 Å². The maximum atomic E-state index is 13.3. The van der Waals surface area contributed by atoms with Crippen molar-refractivity contribution in [3.63, 3.8) is 0 Å². The van der Waals surface area contributed by atoms with Crippen molar-refractivity contribution in [2.75, 3.05) is 39.2 Å². The second-order valence-corrected chi connectivity index (χ2v) is 10.1. The number of hydrogen-bond donors (Lipinski definition) is 3. The maximum absolute atomic E-state index is 13.3. The molecule has 0 fully saturated rings. The van der Waals surface area contributed by atoms with Gasteiger partial charge >= 0.3 is 0 Å². The van der Waals surface area contributed by atoms with Gasteiger partial charge in [-0.2, -0.15) is 0 Å². The zero-order valence-electron chi connectivity index (χ0n) is 21.0. The van der Waals surface area contributed by atoms with Crippen molar-refractivity contribution in [2.24, 2.45) is 17.8 Å². The molecule has 0 aliphatic heterocycles. The van der Waals surface area contributed by atoms with Gasteiger partial charge in [0.15, 0.2) is 17.3 Å². The molecule has 35 heavy (non-hydrogen) atoms. The van der Waals surface area contributed by atoms with Crippen LogP contribution >= 0.6 is 0 Å². The van der Waals surface area contributed by atoms with Crippen molar-refractivity contribution >= 4 is 23.0 Å². The number of Topliss-reactive ketones (excluding diaryl/α,β-unsaturated/α-hetero) is 3. The summed E-state index contributed by atoms with van der Waals surface area (Å²) < 4.78 is 0. The van der Waals surface area contributed by atoms with E-state index in [-0.39, 0.29) is 54.1 Å². The number of aromatic hydroxyl groups is 1. The number of anilines is 1. The molecule has 1 aromatic carbocycles. The van der Waals surface area contributed by atoms with Gasteiger partial charge in [0, 0.05) is 57.2 Å². The highest BCUT2D eigenvalue weighted by atomic mass is 16.3. The number of aliphatic hydroxyl groups is 2. The molecule has 0 radical (unpaired) electrons. The number of benzene rings is 1. The van der Waals surface area contributed by atoms with Crippen LogP contribution in [0.15, 0.2) is 30.1 Å². The fourth-order valence-electron chi connectivity index (χ4n) is 5.57. The summed E-state index contributed by atoms with van der Waals surface area (Å²) in [7, 11) is 5.70. The van der Waals surface area contributed by atoms with Gasteiger partial charge < -0.3 is 20.2 Å². The number of carbonyl (C=O) groups excluding carboxylic acids is 3. The number of phenolic OH excluding ortho intramolecular Hbond substituents is 1. The van der Waals surface area contributed by atoms with E-state index in [9.17, 15) is 29.7 Å². The van der Waals surface area contributed by atoms with Crippen LogP contribution in [0.5, 0.6) is 5.75 Å². The van der Waals surface area contributed by atoms with E-state index in [4.69, 9.17) is 0 Å². The predicted molar refractivity (Wildman–Crippen MR) is 134 cm³/mol. The summed E-state index contributed by atoms with van der Waals surface area (Å²) in [5, 5.41) is 31.5. The Morgan fingerprint density at radius 3 is 2.40 bits per heavy atom. The van der Waals surface area contributed by atoms with Gasteiger partial charge in [-0.25, -0.2) is 0 Å². The lowest BCUT2D eigenvalue weighted by Gasteiger charge is -2.35. The first-order chi connectivity index (χ1) is 16.5. The van der Waals surface area contributed by atoms with E-state index < -0.39 is 17.5 Å². The Kier molecular flexibility index (Phi) is 8.18. The normalized spacial score (nSPS) is 22.4. The standard InChI is InChI=1S/C27H36N2O6/c1-6-7-29(5)13-18-11-21(28(3)4)19-9-16(10-22(32)25(19)26(18)34)8-17-12-23(33)24(15(2)31)27(35)20(17)14-30/h6,11,16-17,20,30,34-35H,1,7-10,12-14H2,2-5H3. The van der Waals surface area contributed by atoms with Crippen LogP contribution < -0.4 is 4.90 Å². The van der Waals surface area contributed by atoms with Gasteiger partial charge in [0.1, 0.15) is 11.5 Å². The van der Waals surface area contributed by atoms with Gasteiger partial charge in [0.05, 0.1) is 17.7 Å². The lowest BCUT2D eigenvalue weighted by molar-refractivity contribution is -0.123. The van der Waals surface area contributed by atoms with Crippen LogP contribution in [-0.4, -0.2) is 71.9 Å². The van der Waals surface area contributed by atoms with Crippen molar-refractivity contribution in [3.05, 3.63) is 46.7 Å². The van der Waals surface area contributed by atoms with Crippen LogP contribution in [-0.2, 0) is 22.6 Å². The minimum Gasteiger partial charge on any atom is -0.511 e. The summed E-state index contributed by atoms with van der Waals surface area (Å²) in [5.41, 5.74) is 2.44. The third-order valence-electron chi connectivity index (χ3n) is 7.16. The number of allylic oxidation sites excluding steroid dienone is 1. The van der Waals surface area contributed by atoms with Crippen molar-refractivity contribution < 1.29 is 29.7 Å². The topological polar surface area (TPSA) is 118 Å². The van der Waals surface area contributed by atoms with Crippen LogP contribution in [0.4, 0.5) is 5.69 Å². The van der Waals surface area contributed by atoms with E-state index in [0.717, 1.165) is 11.3 Å². The largest absolute Gasteiger partial charge is 0.511 e. The van der Waals surface area contributed by atoms with Gasteiger partial charge in [-0.15, -0.1) is 6.58 Å². The Hall–Kier alpha value is -2.97. The molecular weight excluding hydrogens is 448 g/mol. The van der Waals surface area contributed by atoms with Crippen LogP contribution in [0.3, 0.4) is 0 Å². The molecule has 8 heteroatoms. The molecule has 8 nitrogen and oxygen atoms in total. The summed E-state index contributed by atoms with van der Waals surface area (Å²) in [5.74, 6) is -2.64. The van der Waals surface area contributed by atoms with E-state index in [2.05, 4.69) is 6.58 Å². The molecule has 1 aromatic rings. The molecule has 2 aliphatic rings.